The summed E-state index contributed by atoms with van der Waals surface area (Å²) in [5.74, 6) is 0. The molecule has 2 aromatic heterocycles. The van der Waals surface area contributed by atoms with Crippen LogP contribution < -0.4 is 9.80 Å². The molecule has 0 saturated heterocycles. The minimum Gasteiger partial charge on any atom is -0.307 e. The van der Waals surface area contributed by atoms with Gasteiger partial charge in [0.1, 0.15) is 12.1 Å². The van der Waals surface area contributed by atoms with Crippen LogP contribution in [0.25, 0.3) is 32.3 Å². The standard InChI is InChI=1S/C39H27N7.C2H6/c1-3-30(23-42-2)45(31-9-5-4-6-10-31)38-28(21-40)19-26-14-16-35-37-27(13-15-34(38)36(26)37)20-29(22-41)39(35)46(32-11-7-17-43-24-32)33-12-8-18-44-25-33;1-2/h3-20,23-25H,1-2H3;1-2H3/b30-3+,42-23?;. The zero-order chi connectivity index (χ0) is 33.6. The van der Waals surface area contributed by atoms with E-state index in [9.17, 15) is 10.5 Å². The molecule has 7 heteroatoms. The Bertz CT molecular complexity index is 2310. The van der Waals surface area contributed by atoms with Crippen LogP contribution in [0.3, 0.4) is 0 Å². The van der Waals surface area contributed by atoms with Crippen molar-refractivity contribution in [3.8, 4) is 12.1 Å². The minimum atomic E-state index is 0.526. The number of benzene rings is 5. The maximum Gasteiger partial charge on any atom is 0.101 e. The van der Waals surface area contributed by atoms with Crippen molar-refractivity contribution in [2.24, 2.45) is 4.99 Å². The van der Waals surface area contributed by atoms with Gasteiger partial charge in [-0.05, 0) is 77.0 Å². The maximum absolute atomic E-state index is 10.5. The molecule has 0 amide bonds. The first-order chi connectivity index (χ1) is 23.7. The number of allylic oxidation sites excluding steroid dienone is 2. The van der Waals surface area contributed by atoms with Crippen LogP contribution in [0.2, 0.25) is 0 Å². The fourth-order valence-corrected chi connectivity index (χ4v) is 6.33. The summed E-state index contributed by atoms with van der Waals surface area (Å²) in [7, 11) is 1.74. The number of aliphatic imine (C=N–C) groups is 1. The van der Waals surface area contributed by atoms with E-state index in [1.807, 2.05) is 117 Å². The fourth-order valence-electron chi connectivity index (χ4n) is 6.33. The van der Waals surface area contributed by atoms with Crippen molar-refractivity contribution in [1.82, 2.24) is 9.97 Å². The van der Waals surface area contributed by atoms with E-state index in [2.05, 4.69) is 44.1 Å². The molecule has 232 valence electrons. The minimum absolute atomic E-state index is 0.526. The maximum atomic E-state index is 10.5. The van der Waals surface area contributed by atoms with Crippen molar-refractivity contribution in [1.29, 1.82) is 10.5 Å². The van der Waals surface area contributed by atoms with Crippen LogP contribution in [0.15, 0.2) is 133 Å². The van der Waals surface area contributed by atoms with Crippen LogP contribution in [0.1, 0.15) is 31.9 Å². The van der Waals surface area contributed by atoms with Crippen molar-refractivity contribution < 1.29 is 0 Å². The van der Waals surface area contributed by atoms with Crippen LogP contribution in [-0.2, 0) is 0 Å². The number of rotatable bonds is 7. The summed E-state index contributed by atoms with van der Waals surface area (Å²) in [5.41, 5.74) is 5.94. The van der Waals surface area contributed by atoms with E-state index in [4.69, 9.17) is 0 Å². The highest BCUT2D eigenvalue weighted by Crippen LogP contribution is 2.48. The molecular formula is C41H33N7. The van der Waals surface area contributed by atoms with E-state index >= 15 is 0 Å². The second-order valence-corrected chi connectivity index (χ2v) is 10.7. The lowest BCUT2D eigenvalue weighted by atomic mass is 9.88. The Balaban J connectivity index is 0.00000197. The molecule has 2 heterocycles. The number of pyridine rings is 2. The van der Waals surface area contributed by atoms with Gasteiger partial charge in [-0.2, -0.15) is 10.5 Å². The van der Waals surface area contributed by atoms with E-state index in [-0.39, 0.29) is 0 Å². The first kappa shape index (κ1) is 31.4. The molecule has 0 aliphatic heterocycles. The summed E-state index contributed by atoms with van der Waals surface area (Å²) >= 11 is 0. The molecule has 0 saturated carbocycles. The topological polar surface area (TPSA) is 92.2 Å². The normalized spacial score (nSPS) is 11.3. The predicted molar refractivity (Wildman–Crippen MR) is 198 cm³/mol. The average Bonchev–Trinajstić information content (AvgIpc) is 3.16. The van der Waals surface area contributed by atoms with Crippen LogP contribution in [0, 0.1) is 22.7 Å². The quantitative estimate of drug-likeness (QED) is 0.130. The number of nitriles is 2. The van der Waals surface area contributed by atoms with E-state index in [1.165, 1.54) is 0 Å². The summed E-state index contributed by atoms with van der Waals surface area (Å²) in [6.07, 6.45) is 10.8. The zero-order valence-electron chi connectivity index (χ0n) is 27.3. The lowest BCUT2D eigenvalue weighted by Crippen LogP contribution is -2.19. The highest BCUT2D eigenvalue weighted by atomic mass is 15.2. The molecule has 48 heavy (non-hydrogen) atoms. The molecule has 7 rings (SSSR count). The van der Waals surface area contributed by atoms with Crippen LogP contribution >= 0.6 is 0 Å². The molecule has 0 N–H and O–H groups in total. The van der Waals surface area contributed by atoms with Crippen molar-refractivity contribution in [2.75, 3.05) is 16.8 Å². The van der Waals surface area contributed by atoms with Gasteiger partial charge >= 0.3 is 0 Å². The molecule has 0 atom stereocenters. The SMILES string of the molecule is C/C=C(\C=NC)N(c1ccccc1)c1c(C#N)cc2ccc3c(N(c4cccnc4)c4cccnc4)c(C#N)cc4ccc1c2c43.CC. The van der Waals surface area contributed by atoms with Gasteiger partial charge in [-0.1, -0.05) is 62.4 Å². The van der Waals surface area contributed by atoms with Crippen molar-refractivity contribution in [3.63, 3.8) is 0 Å². The fraction of sp³-hybridized carbons (Fsp3) is 0.0976. The third-order valence-electron chi connectivity index (χ3n) is 8.17. The average molecular weight is 624 g/mol. The van der Waals surface area contributed by atoms with Gasteiger partial charge in [0.25, 0.3) is 0 Å². The first-order valence-corrected chi connectivity index (χ1v) is 15.8. The number of aromatic nitrogens is 2. The number of anilines is 5. The molecule has 0 radical (unpaired) electrons. The monoisotopic (exact) mass is 623 g/mol. The number of para-hydroxylation sites is 1. The zero-order valence-corrected chi connectivity index (χ0v) is 27.3. The van der Waals surface area contributed by atoms with Crippen LogP contribution in [0.5, 0.6) is 0 Å². The summed E-state index contributed by atoms with van der Waals surface area (Å²) in [4.78, 5) is 17.3. The van der Waals surface area contributed by atoms with Crippen LogP contribution in [-0.4, -0.2) is 23.2 Å². The Morgan fingerprint density at radius 2 is 1.21 bits per heavy atom. The lowest BCUT2D eigenvalue weighted by molar-refractivity contribution is 1.20. The molecule has 0 bridgehead atoms. The summed E-state index contributed by atoms with van der Waals surface area (Å²) in [6, 6.07) is 34.8. The Labute approximate surface area is 280 Å². The second-order valence-electron chi connectivity index (χ2n) is 10.7. The summed E-state index contributed by atoms with van der Waals surface area (Å²) in [6.45, 7) is 5.97. The predicted octanol–water partition coefficient (Wildman–Crippen LogP) is 10.4. The molecule has 0 spiro atoms. The van der Waals surface area contributed by atoms with E-state index in [1.54, 1.807) is 31.8 Å². The molecule has 7 aromatic rings. The Hall–Kier alpha value is -6.57. The van der Waals surface area contributed by atoms with E-state index in [0.29, 0.717) is 11.1 Å². The van der Waals surface area contributed by atoms with Crippen LogP contribution in [0.4, 0.5) is 28.4 Å². The smallest absolute Gasteiger partial charge is 0.101 e. The number of hydrogen-bond donors (Lipinski definition) is 0. The molecule has 0 unspecified atom stereocenters. The molecule has 5 aromatic carbocycles. The Kier molecular flexibility index (Phi) is 9.05. The van der Waals surface area contributed by atoms with Gasteiger partial charge < -0.3 is 9.80 Å². The van der Waals surface area contributed by atoms with E-state index in [0.717, 1.165) is 66.5 Å². The van der Waals surface area contributed by atoms with Gasteiger partial charge in [-0.3, -0.25) is 15.0 Å². The highest BCUT2D eigenvalue weighted by Gasteiger charge is 2.26. The van der Waals surface area contributed by atoms with Gasteiger partial charge in [0.15, 0.2) is 0 Å². The van der Waals surface area contributed by atoms with Gasteiger partial charge in [0, 0.05) is 42.1 Å². The van der Waals surface area contributed by atoms with Crippen molar-refractivity contribution in [2.45, 2.75) is 20.8 Å². The van der Waals surface area contributed by atoms with Gasteiger partial charge in [-0.15, -0.1) is 0 Å². The largest absolute Gasteiger partial charge is 0.307 e. The number of nitrogens with zero attached hydrogens (tertiary/aromatic N) is 7. The first-order valence-electron chi connectivity index (χ1n) is 15.8. The third-order valence-corrected chi connectivity index (χ3v) is 8.17. The number of hydrogen-bond acceptors (Lipinski definition) is 7. The molecular weight excluding hydrogens is 591 g/mol. The molecule has 0 fully saturated rings. The summed E-state index contributed by atoms with van der Waals surface area (Å²) < 4.78 is 0. The lowest BCUT2D eigenvalue weighted by Gasteiger charge is -2.30. The highest BCUT2D eigenvalue weighted by molar-refractivity contribution is 6.29. The summed E-state index contributed by atoms with van der Waals surface area (Å²) in [5, 5.41) is 26.8. The van der Waals surface area contributed by atoms with Gasteiger partial charge in [0.05, 0.1) is 52.0 Å². The third kappa shape index (κ3) is 5.34. The van der Waals surface area contributed by atoms with Crippen molar-refractivity contribution >= 4 is 67.0 Å². The second kappa shape index (κ2) is 13.8. The Morgan fingerprint density at radius 3 is 1.69 bits per heavy atom. The molecule has 0 aliphatic rings. The molecule has 7 nitrogen and oxygen atoms in total. The Morgan fingerprint density at radius 1 is 0.688 bits per heavy atom. The van der Waals surface area contributed by atoms with Gasteiger partial charge in [0.2, 0.25) is 0 Å². The van der Waals surface area contributed by atoms with E-state index < -0.39 is 0 Å². The van der Waals surface area contributed by atoms with Crippen molar-refractivity contribution in [3.05, 3.63) is 139 Å². The molecule has 0 aliphatic carbocycles. The van der Waals surface area contributed by atoms with Gasteiger partial charge in [-0.25, -0.2) is 0 Å².